The molecular formula is C24H29N5S. The van der Waals surface area contributed by atoms with Crippen molar-refractivity contribution >= 4 is 28.7 Å². The van der Waals surface area contributed by atoms with Gasteiger partial charge in [0.15, 0.2) is 10.9 Å². The van der Waals surface area contributed by atoms with Crippen molar-refractivity contribution in [2.45, 2.75) is 58.9 Å². The van der Waals surface area contributed by atoms with Crippen LogP contribution in [0, 0.1) is 0 Å². The first-order valence-corrected chi connectivity index (χ1v) is 11.3. The summed E-state index contributed by atoms with van der Waals surface area (Å²) < 4.78 is 2.27. The smallest absolute Gasteiger partial charge is 0.175 e. The van der Waals surface area contributed by atoms with Gasteiger partial charge in [-0.1, -0.05) is 38.5 Å². The first kappa shape index (κ1) is 20.5. The molecule has 2 N–H and O–H groups in total. The number of thiocarbonyl (C=S) groups is 1. The van der Waals surface area contributed by atoms with E-state index in [1.807, 2.05) is 12.1 Å². The van der Waals surface area contributed by atoms with E-state index < -0.39 is 0 Å². The average Bonchev–Trinajstić information content (AvgIpc) is 3.02. The topological polar surface area (TPSA) is 54.8 Å². The molecule has 0 aliphatic carbocycles. The molecule has 1 aliphatic heterocycles. The van der Waals surface area contributed by atoms with E-state index in [2.05, 4.69) is 69.6 Å². The Kier molecular flexibility index (Phi) is 6.43. The number of para-hydroxylation sites is 1. The molecule has 0 atom stereocenters. The maximum atomic E-state index is 5.59. The average molecular weight is 420 g/mol. The van der Waals surface area contributed by atoms with E-state index in [1.165, 1.54) is 30.4 Å². The molecule has 4 rings (SSSR count). The van der Waals surface area contributed by atoms with Gasteiger partial charge in [0.1, 0.15) is 5.82 Å². The Morgan fingerprint density at radius 1 is 0.933 bits per heavy atom. The summed E-state index contributed by atoms with van der Waals surface area (Å²) in [4.78, 5) is 0. The van der Waals surface area contributed by atoms with Crippen molar-refractivity contribution in [2.24, 2.45) is 0 Å². The zero-order chi connectivity index (χ0) is 20.9. The minimum Gasteiger partial charge on any atom is -0.332 e. The summed E-state index contributed by atoms with van der Waals surface area (Å²) in [7, 11) is 0. The second-order valence-corrected chi connectivity index (χ2v) is 8.13. The Hall–Kier alpha value is -2.73. The van der Waals surface area contributed by atoms with Gasteiger partial charge in [0, 0.05) is 29.9 Å². The van der Waals surface area contributed by atoms with E-state index in [0.29, 0.717) is 5.11 Å². The van der Waals surface area contributed by atoms with Gasteiger partial charge in [0.05, 0.1) is 0 Å². The Labute approximate surface area is 183 Å². The first-order valence-electron chi connectivity index (χ1n) is 10.9. The van der Waals surface area contributed by atoms with Crippen LogP contribution in [0.3, 0.4) is 0 Å². The maximum Gasteiger partial charge on any atom is 0.175 e. The molecule has 2 aromatic carbocycles. The summed E-state index contributed by atoms with van der Waals surface area (Å²) in [6.07, 6.45) is 6.61. The molecule has 1 aliphatic rings. The number of aromatic nitrogens is 3. The Morgan fingerprint density at radius 3 is 2.37 bits per heavy atom. The van der Waals surface area contributed by atoms with E-state index in [4.69, 9.17) is 12.2 Å². The molecular weight excluding hydrogens is 390 g/mol. The van der Waals surface area contributed by atoms with E-state index in [0.717, 1.165) is 54.4 Å². The quantitative estimate of drug-likeness (QED) is 0.527. The van der Waals surface area contributed by atoms with Crippen molar-refractivity contribution in [3.8, 4) is 11.4 Å². The minimum absolute atomic E-state index is 0.606. The van der Waals surface area contributed by atoms with Crippen molar-refractivity contribution in [1.29, 1.82) is 0 Å². The van der Waals surface area contributed by atoms with Crippen molar-refractivity contribution in [2.75, 3.05) is 10.6 Å². The van der Waals surface area contributed by atoms with Gasteiger partial charge in [0.25, 0.3) is 0 Å². The van der Waals surface area contributed by atoms with Crippen LogP contribution in [0.5, 0.6) is 0 Å². The highest BCUT2D eigenvalue weighted by Gasteiger charge is 2.16. The first-order chi connectivity index (χ1) is 14.7. The molecule has 0 radical (unpaired) electrons. The summed E-state index contributed by atoms with van der Waals surface area (Å²) in [6, 6.07) is 14.7. The normalized spacial score (nSPS) is 13.4. The summed E-state index contributed by atoms with van der Waals surface area (Å²) >= 11 is 5.59. The van der Waals surface area contributed by atoms with Crippen molar-refractivity contribution < 1.29 is 0 Å². The highest BCUT2D eigenvalue weighted by molar-refractivity contribution is 7.80. The molecule has 0 bridgehead atoms. The predicted octanol–water partition coefficient (Wildman–Crippen LogP) is 5.61. The lowest BCUT2D eigenvalue weighted by Crippen LogP contribution is -2.20. The minimum atomic E-state index is 0.606. The molecule has 0 spiro atoms. The number of nitrogens with zero attached hydrogens (tertiary/aromatic N) is 3. The fourth-order valence-electron chi connectivity index (χ4n) is 4.08. The number of fused-ring (bicyclic) bond motifs is 1. The van der Waals surface area contributed by atoms with Crippen molar-refractivity contribution in [3.05, 3.63) is 59.4 Å². The van der Waals surface area contributed by atoms with Gasteiger partial charge in [-0.25, -0.2) is 0 Å². The molecule has 5 nitrogen and oxygen atoms in total. The SMILES string of the molecule is CCc1cccc(CC)c1NC(=S)Nc1ccc(-c2nnc3n2CCCCC3)cc1. The number of benzene rings is 2. The van der Waals surface area contributed by atoms with Crippen LogP contribution in [-0.2, 0) is 25.8 Å². The lowest BCUT2D eigenvalue weighted by molar-refractivity contribution is 0.636. The number of nitrogens with one attached hydrogen (secondary N) is 2. The number of hydrogen-bond donors (Lipinski definition) is 2. The van der Waals surface area contributed by atoms with Gasteiger partial charge in [0.2, 0.25) is 0 Å². The van der Waals surface area contributed by atoms with Gasteiger partial charge >= 0.3 is 0 Å². The molecule has 0 saturated carbocycles. The third-order valence-corrected chi connectivity index (χ3v) is 5.95. The van der Waals surface area contributed by atoms with Gasteiger partial charge < -0.3 is 15.2 Å². The number of hydrogen-bond acceptors (Lipinski definition) is 3. The third kappa shape index (κ3) is 4.38. The summed E-state index contributed by atoms with van der Waals surface area (Å²) in [5, 5.41) is 16.2. The molecule has 0 saturated heterocycles. The molecule has 156 valence electrons. The summed E-state index contributed by atoms with van der Waals surface area (Å²) in [5.41, 5.74) is 5.73. The highest BCUT2D eigenvalue weighted by atomic mass is 32.1. The van der Waals surface area contributed by atoms with E-state index >= 15 is 0 Å². The zero-order valence-electron chi connectivity index (χ0n) is 17.7. The molecule has 3 aromatic rings. The lowest BCUT2D eigenvalue weighted by Gasteiger charge is -2.17. The third-order valence-electron chi connectivity index (χ3n) is 5.75. The Balaban J connectivity index is 1.47. The monoisotopic (exact) mass is 419 g/mol. The van der Waals surface area contributed by atoms with Gasteiger partial charge in [-0.2, -0.15) is 0 Å². The molecule has 1 aromatic heterocycles. The maximum absolute atomic E-state index is 5.59. The van der Waals surface area contributed by atoms with Crippen LogP contribution in [0.4, 0.5) is 11.4 Å². The zero-order valence-corrected chi connectivity index (χ0v) is 18.6. The summed E-state index contributed by atoms with van der Waals surface area (Å²) in [6.45, 7) is 5.34. The van der Waals surface area contributed by atoms with Crippen molar-refractivity contribution in [3.63, 3.8) is 0 Å². The van der Waals surface area contributed by atoms with Crippen LogP contribution in [0.25, 0.3) is 11.4 Å². The molecule has 6 heteroatoms. The molecule has 30 heavy (non-hydrogen) atoms. The number of aryl methyl sites for hydroxylation is 3. The predicted molar refractivity (Wildman–Crippen MR) is 128 cm³/mol. The van der Waals surface area contributed by atoms with E-state index in [-0.39, 0.29) is 0 Å². The Morgan fingerprint density at radius 2 is 1.67 bits per heavy atom. The standard InChI is InChI=1S/C24H29N5S/c1-3-17-9-8-10-18(4-2)22(17)26-24(30)25-20-14-12-19(13-15-20)23-28-27-21-11-6-5-7-16-29(21)23/h8-10,12-15H,3-7,11,16H2,1-2H3,(H2,25,26,30). The van der Waals surface area contributed by atoms with Crippen LogP contribution < -0.4 is 10.6 Å². The molecule has 2 heterocycles. The van der Waals surface area contributed by atoms with Gasteiger partial charge in [-0.3, -0.25) is 0 Å². The van der Waals surface area contributed by atoms with Gasteiger partial charge in [-0.05, 0) is 73.3 Å². The fourth-order valence-corrected chi connectivity index (χ4v) is 4.30. The van der Waals surface area contributed by atoms with Crippen LogP contribution in [-0.4, -0.2) is 19.9 Å². The van der Waals surface area contributed by atoms with E-state index in [1.54, 1.807) is 0 Å². The van der Waals surface area contributed by atoms with Crippen LogP contribution in [0.2, 0.25) is 0 Å². The highest BCUT2D eigenvalue weighted by Crippen LogP contribution is 2.25. The van der Waals surface area contributed by atoms with Crippen LogP contribution >= 0.6 is 12.2 Å². The van der Waals surface area contributed by atoms with E-state index in [9.17, 15) is 0 Å². The fraction of sp³-hybridized carbons (Fsp3) is 0.375. The second kappa shape index (κ2) is 9.39. The van der Waals surface area contributed by atoms with Crippen LogP contribution in [0.15, 0.2) is 42.5 Å². The second-order valence-electron chi connectivity index (χ2n) is 7.72. The summed E-state index contributed by atoms with van der Waals surface area (Å²) in [5.74, 6) is 2.07. The van der Waals surface area contributed by atoms with Gasteiger partial charge in [-0.15, -0.1) is 10.2 Å². The molecule has 0 fully saturated rings. The van der Waals surface area contributed by atoms with Crippen molar-refractivity contribution in [1.82, 2.24) is 14.8 Å². The van der Waals surface area contributed by atoms with Crippen LogP contribution in [0.1, 0.15) is 50.1 Å². The Bertz CT molecular complexity index is 1000. The number of anilines is 2. The molecule has 0 amide bonds. The number of rotatable bonds is 5. The lowest BCUT2D eigenvalue weighted by atomic mass is 10.0. The molecule has 0 unspecified atom stereocenters. The largest absolute Gasteiger partial charge is 0.332 e.